The molecule has 0 radical (unpaired) electrons. The van der Waals surface area contributed by atoms with Crippen molar-refractivity contribution in [2.24, 2.45) is 0 Å². The molecule has 8 heteroatoms. The van der Waals surface area contributed by atoms with Gasteiger partial charge in [0.15, 0.2) is 5.82 Å². The highest BCUT2D eigenvalue weighted by Crippen LogP contribution is 2.19. The lowest BCUT2D eigenvalue weighted by Crippen LogP contribution is -2.32. The number of ether oxygens (including phenoxy) is 1. The number of nitrogens with zero attached hydrogens (tertiary/aromatic N) is 4. The summed E-state index contributed by atoms with van der Waals surface area (Å²) in [5.41, 5.74) is 0.773. The first-order valence-electron chi connectivity index (χ1n) is 7.16. The van der Waals surface area contributed by atoms with E-state index in [2.05, 4.69) is 15.5 Å². The largest absolute Gasteiger partial charge is 0.383 e. The molecule has 1 aromatic carbocycles. The molecule has 2 amide bonds. The number of carbonyl (C=O) groups is 1. The summed E-state index contributed by atoms with van der Waals surface area (Å²) in [4.78, 5) is 15.0. The van der Waals surface area contributed by atoms with Gasteiger partial charge in [0.25, 0.3) is 0 Å². The Hall–Kier alpha value is -2.06. The van der Waals surface area contributed by atoms with E-state index in [1.807, 2.05) is 35.1 Å². The molecular weight excluding hydrogens is 314 g/mol. The van der Waals surface area contributed by atoms with E-state index in [0.29, 0.717) is 19.7 Å². The molecule has 0 bridgehead atoms. The van der Waals surface area contributed by atoms with Crippen LogP contribution in [0, 0.1) is 0 Å². The van der Waals surface area contributed by atoms with Crippen molar-refractivity contribution in [1.29, 1.82) is 0 Å². The van der Waals surface area contributed by atoms with E-state index in [4.69, 9.17) is 4.74 Å². The molecule has 1 aromatic heterocycles. The molecule has 23 heavy (non-hydrogen) atoms. The predicted octanol–water partition coefficient (Wildman–Crippen LogP) is 2.31. The van der Waals surface area contributed by atoms with Gasteiger partial charge in [-0.05, 0) is 24.5 Å². The number of thioether (sulfide) groups is 1. The number of benzene rings is 1. The summed E-state index contributed by atoms with van der Waals surface area (Å²) in [5, 5.41) is 10.8. The van der Waals surface area contributed by atoms with Gasteiger partial charge in [0.1, 0.15) is 6.33 Å². The van der Waals surface area contributed by atoms with Gasteiger partial charge in [-0.25, -0.2) is 4.79 Å². The highest BCUT2D eigenvalue weighted by atomic mass is 32.2. The monoisotopic (exact) mass is 335 g/mol. The number of amides is 2. The van der Waals surface area contributed by atoms with Gasteiger partial charge in [0.05, 0.1) is 13.2 Å². The van der Waals surface area contributed by atoms with Gasteiger partial charge < -0.3 is 19.5 Å². The summed E-state index contributed by atoms with van der Waals surface area (Å²) in [5.74, 6) is 0.720. The van der Waals surface area contributed by atoms with Crippen LogP contribution in [0.15, 0.2) is 35.5 Å². The molecule has 1 heterocycles. The van der Waals surface area contributed by atoms with E-state index in [1.165, 1.54) is 0 Å². The zero-order valence-electron chi connectivity index (χ0n) is 13.5. The fourth-order valence-corrected chi connectivity index (χ4v) is 2.44. The first kappa shape index (κ1) is 17.3. The molecular formula is C15H21N5O2S. The standard InChI is InChI=1S/C15H21N5O2S/c1-19(10-14-18-16-11-20(14)7-8-22-2)15(21)17-12-5-4-6-13(9-12)23-3/h4-6,9,11H,7-8,10H2,1-3H3,(H,17,21). The maximum absolute atomic E-state index is 12.3. The summed E-state index contributed by atoms with van der Waals surface area (Å²) in [6.07, 6.45) is 3.64. The zero-order valence-corrected chi connectivity index (χ0v) is 14.3. The second-order valence-electron chi connectivity index (χ2n) is 4.95. The fraction of sp³-hybridized carbons (Fsp3) is 0.400. The van der Waals surface area contributed by atoms with Crippen LogP contribution in [0.3, 0.4) is 0 Å². The van der Waals surface area contributed by atoms with Crippen molar-refractivity contribution in [3.63, 3.8) is 0 Å². The van der Waals surface area contributed by atoms with Crippen LogP contribution in [-0.2, 0) is 17.8 Å². The van der Waals surface area contributed by atoms with Crippen molar-refractivity contribution in [1.82, 2.24) is 19.7 Å². The minimum absolute atomic E-state index is 0.190. The first-order valence-corrected chi connectivity index (χ1v) is 8.38. The summed E-state index contributed by atoms with van der Waals surface area (Å²) in [6.45, 7) is 1.60. The minimum atomic E-state index is -0.190. The molecule has 0 fully saturated rings. The van der Waals surface area contributed by atoms with E-state index in [-0.39, 0.29) is 6.03 Å². The zero-order chi connectivity index (χ0) is 16.7. The average molecular weight is 335 g/mol. The molecule has 0 saturated carbocycles. The molecule has 0 aliphatic carbocycles. The topological polar surface area (TPSA) is 72.3 Å². The van der Waals surface area contributed by atoms with Crippen LogP contribution >= 0.6 is 11.8 Å². The second-order valence-corrected chi connectivity index (χ2v) is 5.83. The number of hydrogen-bond donors (Lipinski definition) is 1. The minimum Gasteiger partial charge on any atom is -0.383 e. The lowest BCUT2D eigenvalue weighted by atomic mass is 10.3. The third-order valence-electron chi connectivity index (χ3n) is 3.28. The van der Waals surface area contributed by atoms with Crippen LogP contribution in [0.1, 0.15) is 5.82 Å². The predicted molar refractivity (Wildman–Crippen MR) is 90.6 cm³/mol. The van der Waals surface area contributed by atoms with Crippen LogP contribution in [0.5, 0.6) is 0 Å². The fourth-order valence-electron chi connectivity index (χ4n) is 1.98. The molecule has 0 unspecified atom stereocenters. The number of rotatable bonds is 7. The second kappa shape index (κ2) is 8.54. The van der Waals surface area contributed by atoms with Crippen molar-refractivity contribution in [2.45, 2.75) is 18.0 Å². The van der Waals surface area contributed by atoms with Crippen molar-refractivity contribution in [3.8, 4) is 0 Å². The van der Waals surface area contributed by atoms with E-state index < -0.39 is 0 Å². The Labute approximate surface area is 140 Å². The Bertz CT molecular complexity index is 646. The van der Waals surface area contributed by atoms with Crippen LogP contribution in [-0.4, -0.2) is 52.7 Å². The van der Waals surface area contributed by atoms with Crippen molar-refractivity contribution in [2.75, 3.05) is 32.3 Å². The molecule has 0 saturated heterocycles. The number of urea groups is 1. The van der Waals surface area contributed by atoms with E-state index >= 15 is 0 Å². The van der Waals surface area contributed by atoms with Gasteiger partial charge in [-0.3, -0.25) is 0 Å². The van der Waals surface area contributed by atoms with Gasteiger partial charge in [-0.15, -0.1) is 22.0 Å². The normalized spacial score (nSPS) is 10.6. The molecule has 1 N–H and O–H groups in total. The Balaban J connectivity index is 1.96. The number of hydrogen-bond acceptors (Lipinski definition) is 5. The van der Waals surface area contributed by atoms with Gasteiger partial charge >= 0.3 is 6.03 Å². The maximum Gasteiger partial charge on any atom is 0.321 e. The van der Waals surface area contributed by atoms with Crippen LogP contribution in [0.2, 0.25) is 0 Å². The van der Waals surface area contributed by atoms with Crippen LogP contribution < -0.4 is 5.32 Å². The molecule has 2 aromatic rings. The van der Waals surface area contributed by atoms with Gasteiger partial charge in [0, 0.05) is 31.3 Å². The molecule has 0 spiro atoms. The Morgan fingerprint density at radius 3 is 3.04 bits per heavy atom. The van der Waals surface area contributed by atoms with E-state index in [0.717, 1.165) is 16.4 Å². The summed E-state index contributed by atoms with van der Waals surface area (Å²) < 4.78 is 6.93. The van der Waals surface area contributed by atoms with Crippen LogP contribution in [0.25, 0.3) is 0 Å². The number of nitrogens with one attached hydrogen (secondary N) is 1. The smallest absolute Gasteiger partial charge is 0.321 e. The third kappa shape index (κ3) is 4.97. The van der Waals surface area contributed by atoms with Crippen LogP contribution in [0.4, 0.5) is 10.5 Å². The first-order chi connectivity index (χ1) is 11.1. The molecule has 0 atom stereocenters. The number of anilines is 1. The number of methoxy groups -OCH3 is 1. The molecule has 7 nitrogen and oxygen atoms in total. The SMILES string of the molecule is COCCn1cnnc1CN(C)C(=O)Nc1cccc(SC)c1. The Kier molecular flexibility index (Phi) is 6.42. The summed E-state index contributed by atoms with van der Waals surface area (Å²) >= 11 is 1.63. The van der Waals surface area contributed by atoms with Crippen molar-refractivity contribution >= 4 is 23.5 Å². The average Bonchev–Trinajstić information content (AvgIpc) is 3.00. The van der Waals surface area contributed by atoms with Crippen molar-refractivity contribution in [3.05, 3.63) is 36.4 Å². The molecule has 124 valence electrons. The molecule has 0 aliphatic rings. The van der Waals surface area contributed by atoms with E-state index in [9.17, 15) is 4.79 Å². The lowest BCUT2D eigenvalue weighted by molar-refractivity contribution is 0.184. The Morgan fingerprint density at radius 1 is 1.48 bits per heavy atom. The maximum atomic E-state index is 12.3. The van der Waals surface area contributed by atoms with Gasteiger partial charge in [-0.1, -0.05) is 6.07 Å². The van der Waals surface area contributed by atoms with Crippen molar-refractivity contribution < 1.29 is 9.53 Å². The highest BCUT2D eigenvalue weighted by molar-refractivity contribution is 7.98. The summed E-state index contributed by atoms with van der Waals surface area (Å²) in [6, 6.07) is 7.54. The van der Waals surface area contributed by atoms with Gasteiger partial charge in [-0.2, -0.15) is 0 Å². The number of aromatic nitrogens is 3. The lowest BCUT2D eigenvalue weighted by Gasteiger charge is -2.18. The van der Waals surface area contributed by atoms with Gasteiger partial charge in [0.2, 0.25) is 0 Å². The number of carbonyl (C=O) groups excluding carboxylic acids is 1. The quantitative estimate of drug-likeness (QED) is 0.786. The Morgan fingerprint density at radius 2 is 2.30 bits per heavy atom. The third-order valence-corrected chi connectivity index (χ3v) is 4.00. The molecule has 2 rings (SSSR count). The summed E-state index contributed by atoms with van der Waals surface area (Å²) in [7, 11) is 3.37. The van der Waals surface area contributed by atoms with E-state index in [1.54, 1.807) is 37.1 Å². The molecule has 0 aliphatic heterocycles. The highest BCUT2D eigenvalue weighted by Gasteiger charge is 2.13.